The minimum Gasteiger partial charge on any atom is -0.138 e. The molecule has 9 heavy (non-hydrogen) atoms. The SMILES string of the molecule is C=C(C)CCCCCP. The van der Waals surface area contributed by atoms with Crippen LogP contribution in [0.4, 0.5) is 0 Å². The highest BCUT2D eigenvalue weighted by atomic mass is 31.0. The molecule has 0 aromatic carbocycles. The summed E-state index contributed by atoms with van der Waals surface area (Å²) in [5.74, 6) is 0. The van der Waals surface area contributed by atoms with E-state index in [2.05, 4.69) is 22.7 Å². The maximum atomic E-state index is 3.85. The van der Waals surface area contributed by atoms with E-state index in [-0.39, 0.29) is 0 Å². The van der Waals surface area contributed by atoms with Gasteiger partial charge in [-0.15, -0.1) is 15.8 Å². The highest BCUT2D eigenvalue weighted by Crippen LogP contribution is 2.06. The lowest BCUT2D eigenvalue weighted by Crippen LogP contribution is -1.78. The van der Waals surface area contributed by atoms with Gasteiger partial charge < -0.3 is 0 Å². The Morgan fingerprint density at radius 1 is 1.33 bits per heavy atom. The molecule has 0 aliphatic carbocycles. The Morgan fingerprint density at radius 3 is 2.44 bits per heavy atom. The number of rotatable bonds is 5. The quantitative estimate of drug-likeness (QED) is 0.316. The molecule has 0 aliphatic rings. The fourth-order valence-electron chi connectivity index (χ4n) is 0.748. The summed E-state index contributed by atoms with van der Waals surface area (Å²) < 4.78 is 0. The van der Waals surface area contributed by atoms with E-state index in [0.29, 0.717) is 0 Å². The van der Waals surface area contributed by atoms with E-state index in [9.17, 15) is 0 Å². The van der Waals surface area contributed by atoms with Gasteiger partial charge in [-0.25, -0.2) is 0 Å². The molecule has 0 saturated carbocycles. The molecule has 0 spiro atoms. The monoisotopic (exact) mass is 144 g/mol. The first-order valence-electron chi connectivity index (χ1n) is 3.62. The lowest BCUT2D eigenvalue weighted by atomic mass is 10.1. The molecule has 0 rings (SSSR count). The zero-order valence-electron chi connectivity index (χ0n) is 6.32. The van der Waals surface area contributed by atoms with Crippen LogP contribution in [0.1, 0.15) is 32.6 Å². The van der Waals surface area contributed by atoms with E-state index >= 15 is 0 Å². The maximum Gasteiger partial charge on any atom is -0.0326 e. The summed E-state index contributed by atoms with van der Waals surface area (Å²) in [6.07, 6.45) is 6.49. The topological polar surface area (TPSA) is 0 Å². The van der Waals surface area contributed by atoms with Gasteiger partial charge in [-0.05, 0) is 32.3 Å². The lowest BCUT2D eigenvalue weighted by molar-refractivity contribution is 0.719. The zero-order chi connectivity index (χ0) is 7.11. The molecule has 0 fully saturated rings. The summed E-state index contributed by atoms with van der Waals surface area (Å²) in [6.45, 7) is 5.95. The van der Waals surface area contributed by atoms with E-state index in [4.69, 9.17) is 0 Å². The van der Waals surface area contributed by atoms with Crippen LogP contribution in [0.3, 0.4) is 0 Å². The van der Waals surface area contributed by atoms with Gasteiger partial charge in [0.2, 0.25) is 0 Å². The molecule has 54 valence electrons. The van der Waals surface area contributed by atoms with Crippen LogP contribution in [0.5, 0.6) is 0 Å². The second-order valence-corrected chi connectivity index (χ2v) is 3.13. The molecule has 0 bridgehead atoms. The van der Waals surface area contributed by atoms with Crippen molar-refractivity contribution in [2.45, 2.75) is 32.6 Å². The minimum atomic E-state index is 1.21. The third kappa shape index (κ3) is 8.17. The van der Waals surface area contributed by atoms with Crippen molar-refractivity contribution < 1.29 is 0 Å². The number of hydrogen-bond donors (Lipinski definition) is 0. The van der Waals surface area contributed by atoms with Crippen molar-refractivity contribution in [3.05, 3.63) is 12.2 Å². The molecule has 1 unspecified atom stereocenters. The lowest BCUT2D eigenvalue weighted by Gasteiger charge is -1.96. The molecule has 1 heteroatoms. The van der Waals surface area contributed by atoms with Crippen molar-refractivity contribution in [1.82, 2.24) is 0 Å². The molecule has 0 radical (unpaired) electrons. The molecule has 0 aromatic heterocycles. The van der Waals surface area contributed by atoms with Crippen molar-refractivity contribution >= 4 is 9.24 Å². The number of unbranched alkanes of at least 4 members (excludes halogenated alkanes) is 2. The van der Waals surface area contributed by atoms with Crippen molar-refractivity contribution in [1.29, 1.82) is 0 Å². The maximum absolute atomic E-state index is 3.85. The van der Waals surface area contributed by atoms with Crippen LogP contribution in [-0.4, -0.2) is 6.16 Å². The van der Waals surface area contributed by atoms with Gasteiger partial charge in [0, 0.05) is 0 Å². The molecule has 0 nitrogen and oxygen atoms in total. The van der Waals surface area contributed by atoms with Gasteiger partial charge in [-0.1, -0.05) is 12.0 Å². The van der Waals surface area contributed by atoms with Crippen LogP contribution in [-0.2, 0) is 0 Å². The van der Waals surface area contributed by atoms with Crippen LogP contribution in [0.15, 0.2) is 12.2 Å². The number of allylic oxidation sites excluding steroid dienone is 1. The summed E-state index contributed by atoms with van der Waals surface area (Å²) in [5, 5.41) is 0. The molecule has 0 N–H and O–H groups in total. The molecular weight excluding hydrogens is 127 g/mol. The fourth-order valence-corrected chi connectivity index (χ4v) is 1.04. The van der Waals surface area contributed by atoms with Crippen molar-refractivity contribution in [3.8, 4) is 0 Å². The molecule has 0 aliphatic heterocycles. The standard InChI is InChI=1S/C8H17P/c1-8(2)6-4-3-5-7-9/h1,3-7,9H2,2H3. The van der Waals surface area contributed by atoms with E-state index < -0.39 is 0 Å². The van der Waals surface area contributed by atoms with Crippen molar-refractivity contribution in [3.63, 3.8) is 0 Å². The summed E-state index contributed by atoms with van der Waals surface area (Å²) in [7, 11) is 2.75. The van der Waals surface area contributed by atoms with Gasteiger partial charge >= 0.3 is 0 Å². The summed E-state index contributed by atoms with van der Waals surface area (Å²) in [4.78, 5) is 0. The third-order valence-electron chi connectivity index (χ3n) is 1.31. The van der Waals surface area contributed by atoms with Gasteiger partial charge in [0.25, 0.3) is 0 Å². The van der Waals surface area contributed by atoms with Gasteiger partial charge in [-0.2, -0.15) is 0 Å². The first kappa shape index (κ1) is 9.17. The van der Waals surface area contributed by atoms with Crippen molar-refractivity contribution in [2.75, 3.05) is 6.16 Å². The summed E-state index contributed by atoms with van der Waals surface area (Å²) in [5.41, 5.74) is 1.32. The normalized spacial score (nSPS) is 9.56. The van der Waals surface area contributed by atoms with E-state index in [1.165, 1.54) is 37.4 Å². The number of hydrogen-bond acceptors (Lipinski definition) is 0. The first-order chi connectivity index (χ1) is 4.27. The summed E-state index contributed by atoms with van der Waals surface area (Å²) in [6, 6.07) is 0. The molecule has 0 saturated heterocycles. The van der Waals surface area contributed by atoms with E-state index in [0.717, 1.165) is 0 Å². The third-order valence-corrected chi connectivity index (χ3v) is 1.72. The molecule has 0 heterocycles. The average Bonchev–Trinajstić information content (AvgIpc) is 1.80. The highest BCUT2D eigenvalue weighted by molar-refractivity contribution is 7.16. The van der Waals surface area contributed by atoms with E-state index in [1.807, 2.05) is 0 Å². The molecule has 0 aromatic rings. The Bertz CT molecular complexity index is 76.6. The van der Waals surface area contributed by atoms with Crippen LogP contribution in [0, 0.1) is 0 Å². The largest absolute Gasteiger partial charge is 0.138 e. The van der Waals surface area contributed by atoms with E-state index in [1.54, 1.807) is 0 Å². The Morgan fingerprint density at radius 2 is 2.00 bits per heavy atom. The smallest absolute Gasteiger partial charge is 0.0326 e. The predicted octanol–water partition coefficient (Wildman–Crippen LogP) is 3.00. The molecule has 1 atom stereocenters. The van der Waals surface area contributed by atoms with Gasteiger partial charge in [0.1, 0.15) is 0 Å². The van der Waals surface area contributed by atoms with Crippen LogP contribution >= 0.6 is 9.24 Å². The fraction of sp³-hybridized carbons (Fsp3) is 0.750. The van der Waals surface area contributed by atoms with Gasteiger partial charge in [0.05, 0.1) is 0 Å². The highest BCUT2D eigenvalue weighted by Gasteiger charge is 1.86. The first-order valence-corrected chi connectivity index (χ1v) is 4.43. The van der Waals surface area contributed by atoms with Crippen molar-refractivity contribution in [2.24, 2.45) is 0 Å². The van der Waals surface area contributed by atoms with Crippen LogP contribution in [0.2, 0.25) is 0 Å². The Hall–Kier alpha value is 0.170. The van der Waals surface area contributed by atoms with Gasteiger partial charge in [0.15, 0.2) is 0 Å². The Kier molecular flexibility index (Phi) is 6.41. The van der Waals surface area contributed by atoms with Gasteiger partial charge in [-0.3, -0.25) is 0 Å². The Balaban J connectivity index is 2.83. The van der Waals surface area contributed by atoms with Crippen LogP contribution in [0.25, 0.3) is 0 Å². The molecule has 0 amide bonds. The minimum absolute atomic E-state index is 1.21. The van der Waals surface area contributed by atoms with Crippen LogP contribution < -0.4 is 0 Å². The molecular formula is C8H17P. The second kappa shape index (κ2) is 6.29. The average molecular weight is 144 g/mol. The zero-order valence-corrected chi connectivity index (χ0v) is 7.47. The predicted molar refractivity (Wildman–Crippen MR) is 47.9 cm³/mol. The Labute approximate surface area is 60.9 Å². The second-order valence-electron chi connectivity index (χ2n) is 2.56. The summed E-state index contributed by atoms with van der Waals surface area (Å²) >= 11 is 0.